The fourth-order valence-corrected chi connectivity index (χ4v) is 1.77. The molecule has 1 aromatic carbocycles. The number of carbonyl (C=O) groups is 2. The van der Waals surface area contributed by atoms with E-state index in [9.17, 15) is 9.59 Å². The van der Waals surface area contributed by atoms with Crippen molar-refractivity contribution >= 4 is 11.9 Å². The Labute approximate surface area is 99.6 Å². The number of carboxylic acid groups (broad SMARTS) is 1. The Bertz CT molecular complexity index is 438. The first-order valence-electron chi connectivity index (χ1n) is 5.68. The number of carboxylic acids is 1. The fraction of sp³-hybridized carbons (Fsp3) is 0.385. The number of benzene rings is 1. The molecule has 0 aromatic heterocycles. The van der Waals surface area contributed by atoms with Crippen molar-refractivity contribution in [1.29, 1.82) is 0 Å². The van der Waals surface area contributed by atoms with Gasteiger partial charge in [-0.15, -0.1) is 0 Å². The van der Waals surface area contributed by atoms with Crippen molar-refractivity contribution in [2.75, 3.05) is 0 Å². The minimum absolute atomic E-state index is 0.0970. The molecule has 1 aliphatic rings. The Balaban J connectivity index is 1.86. The van der Waals surface area contributed by atoms with Gasteiger partial charge in [-0.3, -0.25) is 4.79 Å². The van der Waals surface area contributed by atoms with Gasteiger partial charge in [-0.2, -0.15) is 0 Å². The minimum Gasteiger partial charge on any atom is -0.478 e. The van der Waals surface area contributed by atoms with Gasteiger partial charge in [0.15, 0.2) is 0 Å². The number of hydrogen-bond donors (Lipinski definition) is 2. The van der Waals surface area contributed by atoms with Crippen molar-refractivity contribution in [2.24, 2.45) is 11.8 Å². The third-order valence-corrected chi connectivity index (χ3v) is 3.11. The quantitative estimate of drug-likeness (QED) is 0.831. The van der Waals surface area contributed by atoms with Gasteiger partial charge in [-0.1, -0.05) is 19.1 Å². The molecule has 4 heteroatoms. The highest BCUT2D eigenvalue weighted by molar-refractivity contribution is 5.87. The van der Waals surface area contributed by atoms with E-state index in [1.807, 2.05) is 0 Å². The standard InChI is InChI=1S/C13H15NO3/c1-8-6-11(8)12(15)14-7-9-2-4-10(5-3-9)13(16)17/h2-5,8,11H,6-7H2,1H3,(H,14,15)(H,16,17)/t8-,11+/m1/s1. The van der Waals surface area contributed by atoms with Crippen LogP contribution in [-0.2, 0) is 11.3 Å². The summed E-state index contributed by atoms with van der Waals surface area (Å²) in [7, 11) is 0. The first-order chi connectivity index (χ1) is 8.08. The lowest BCUT2D eigenvalue weighted by Gasteiger charge is -2.04. The number of amides is 1. The van der Waals surface area contributed by atoms with Gasteiger partial charge in [0.25, 0.3) is 0 Å². The van der Waals surface area contributed by atoms with Crippen molar-refractivity contribution in [1.82, 2.24) is 5.32 Å². The van der Waals surface area contributed by atoms with Gasteiger partial charge < -0.3 is 10.4 Å². The van der Waals surface area contributed by atoms with Gasteiger partial charge >= 0.3 is 5.97 Å². The average Bonchev–Trinajstić information content (AvgIpc) is 3.04. The number of hydrogen-bond acceptors (Lipinski definition) is 2. The van der Waals surface area contributed by atoms with Crippen LogP contribution in [0.5, 0.6) is 0 Å². The van der Waals surface area contributed by atoms with Crippen molar-refractivity contribution in [2.45, 2.75) is 19.9 Å². The molecule has 1 amide bonds. The molecule has 17 heavy (non-hydrogen) atoms. The third kappa shape index (κ3) is 2.84. The zero-order chi connectivity index (χ0) is 12.4. The van der Waals surface area contributed by atoms with E-state index in [4.69, 9.17) is 5.11 Å². The number of nitrogens with one attached hydrogen (secondary N) is 1. The second-order valence-electron chi connectivity index (χ2n) is 4.54. The first kappa shape index (κ1) is 11.6. The zero-order valence-electron chi connectivity index (χ0n) is 9.64. The van der Waals surface area contributed by atoms with Crippen molar-refractivity contribution in [3.63, 3.8) is 0 Å². The zero-order valence-corrected chi connectivity index (χ0v) is 9.64. The van der Waals surface area contributed by atoms with Crippen LogP contribution < -0.4 is 5.32 Å². The van der Waals surface area contributed by atoms with Crippen LogP contribution in [0, 0.1) is 11.8 Å². The van der Waals surface area contributed by atoms with Crippen molar-refractivity contribution in [3.8, 4) is 0 Å². The molecule has 0 radical (unpaired) electrons. The second-order valence-corrected chi connectivity index (χ2v) is 4.54. The van der Waals surface area contributed by atoms with Crippen LogP contribution in [-0.4, -0.2) is 17.0 Å². The fourth-order valence-electron chi connectivity index (χ4n) is 1.77. The number of rotatable bonds is 4. The van der Waals surface area contributed by atoms with E-state index in [1.165, 1.54) is 0 Å². The van der Waals surface area contributed by atoms with Crippen LogP contribution in [0.1, 0.15) is 29.3 Å². The highest BCUT2D eigenvalue weighted by atomic mass is 16.4. The molecular formula is C13H15NO3. The minimum atomic E-state index is -0.938. The van der Waals surface area contributed by atoms with E-state index >= 15 is 0 Å². The van der Waals surface area contributed by atoms with E-state index in [-0.39, 0.29) is 17.4 Å². The topological polar surface area (TPSA) is 66.4 Å². The van der Waals surface area contributed by atoms with Crippen LogP contribution >= 0.6 is 0 Å². The smallest absolute Gasteiger partial charge is 0.335 e. The molecule has 90 valence electrons. The predicted octanol–water partition coefficient (Wildman–Crippen LogP) is 1.66. The summed E-state index contributed by atoms with van der Waals surface area (Å²) in [5.41, 5.74) is 1.17. The third-order valence-electron chi connectivity index (χ3n) is 3.11. The van der Waals surface area contributed by atoms with Gasteiger partial charge in [-0.05, 0) is 30.0 Å². The lowest BCUT2D eigenvalue weighted by Crippen LogP contribution is -2.24. The Kier molecular flexibility index (Phi) is 3.13. The van der Waals surface area contributed by atoms with Gasteiger partial charge in [0.05, 0.1) is 5.56 Å². The molecular weight excluding hydrogens is 218 g/mol. The van der Waals surface area contributed by atoms with E-state index < -0.39 is 5.97 Å². The summed E-state index contributed by atoms with van der Waals surface area (Å²) in [5, 5.41) is 11.6. The highest BCUT2D eigenvalue weighted by Crippen LogP contribution is 2.37. The van der Waals surface area contributed by atoms with Gasteiger partial charge in [0.1, 0.15) is 0 Å². The maximum atomic E-state index is 11.6. The summed E-state index contributed by atoms with van der Waals surface area (Å²) in [5.74, 6) is -0.162. The van der Waals surface area contributed by atoms with E-state index in [0.29, 0.717) is 12.5 Å². The Morgan fingerprint density at radius 1 is 1.35 bits per heavy atom. The predicted molar refractivity (Wildman–Crippen MR) is 62.5 cm³/mol. The Hall–Kier alpha value is -1.84. The molecule has 1 aliphatic carbocycles. The van der Waals surface area contributed by atoms with Gasteiger partial charge in [-0.25, -0.2) is 4.79 Å². The maximum absolute atomic E-state index is 11.6. The lowest BCUT2D eigenvalue weighted by molar-refractivity contribution is -0.122. The summed E-state index contributed by atoms with van der Waals surface area (Å²) in [4.78, 5) is 22.2. The summed E-state index contributed by atoms with van der Waals surface area (Å²) in [6.07, 6.45) is 0.976. The molecule has 2 N–H and O–H groups in total. The van der Waals surface area contributed by atoms with E-state index in [0.717, 1.165) is 12.0 Å². The summed E-state index contributed by atoms with van der Waals surface area (Å²) in [6, 6.07) is 6.53. The van der Waals surface area contributed by atoms with Crippen molar-refractivity contribution in [3.05, 3.63) is 35.4 Å². The molecule has 1 saturated carbocycles. The molecule has 0 saturated heterocycles. The molecule has 0 unspecified atom stereocenters. The number of aromatic carboxylic acids is 1. The highest BCUT2D eigenvalue weighted by Gasteiger charge is 2.38. The molecule has 0 bridgehead atoms. The van der Waals surface area contributed by atoms with Crippen LogP contribution in [0.15, 0.2) is 24.3 Å². The molecule has 0 aliphatic heterocycles. The van der Waals surface area contributed by atoms with Crippen LogP contribution in [0.4, 0.5) is 0 Å². The Morgan fingerprint density at radius 3 is 2.41 bits per heavy atom. The molecule has 4 nitrogen and oxygen atoms in total. The first-order valence-corrected chi connectivity index (χ1v) is 5.68. The van der Waals surface area contributed by atoms with Crippen LogP contribution in [0.3, 0.4) is 0 Å². The SMILES string of the molecule is C[C@@H]1C[C@@H]1C(=O)NCc1ccc(C(=O)O)cc1. The molecule has 1 fully saturated rings. The summed E-state index contributed by atoms with van der Waals surface area (Å²) >= 11 is 0. The normalized spacial score (nSPS) is 21.9. The monoisotopic (exact) mass is 233 g/mol. The molecule has 0 heterocycles. The lowest BCUT2D eigenvalue weighted by atomic mass is 10.1. The molecule has 1 aromatic rings. The average molecular weight is 233 g/mol. The molecule has 2 atom stereocenters. The summed E-state index contributed by atoms with van der Waals surface area (Å²) in [6.45, 7) is 2.52. The van der Waals surface area contributed by atoms with Crippen molar-refractivity contribution < 1.29 is 14.7 Å². The van der Waals surface area contributed by atoms with Crippen LogP contribution in [0.2, 0.25) is 0 Å². The number of carbonyl (C=O) groups excluding carboxylic acids is 1. The Morgan fingerprint density at radius 2 is 1.94 bits per heavy atom. The van der Waals surface area contributed by atoms with E-state index in [1.54, 1.807) is 24.3 Å². The van der Waals surface area contributed by atoms with Crippen LogP contribution in [0.25, 0.3) is 0 Å². The molecule has 2 rings (SSSR count). The van der Waals surface area contributed by atoms with Gasteiger partial charge in [0, 0.05) is 12.5 Å². The van der Waals surface area contributed by atoms with Gasteiger partial charge in [0.2, 0.25) is 5.91 Å². The van der Waals surface area contributed by atoms with E-state index in [2.05, 4.69) is 12.2 Å². The maximum Gasteiger partial charge on any atom is 0.335 e. The second kappa shape index (κ2) is 4.57. The molecule has 0 spiro atoms. The summed E-state index contributed by atoms with van der Waals surface area (Å²) < 4.78 is 0. The largest absolute Gasteiger partial charge is 0.478 e.